The van der Waals surface area contributed by atoms with Crippen LogP contribution < -0.4 is 5.73 Å². The van der Waals surface area contributed by atoms with Crippen LogP contribution >= 0.6 is 0 Å². The highest BCUT2D eigenvalue weighted by Crippen LogP contribution is 2.28. The third-order valence-corrected chi connectivity index (χ3v) is 5.53. The van der Waals surface area contributed by atoms with Crippen molar-refractivity contribution in [3.8, 4) is 0 Å². The Labute approximate surface area is 122 Å². The smallest absolute Gasteiger partial charge is 0.227 e. The van der Waals surface area contributed by atoms with Gasteiger partial charge in [0.15, 0.2) is 0 Å². The molecule has 114 valence electrons. The van der Waals surface area contributed by atoms with Crippen LogP contribution in [-0.4, -0.2) is 54.5 Å². The minimum absolute atomic E-state index is 0.116. The van der Waals surface area contributed by atoms with Gasteiger partial charge >= 0.3 is 0 Å². The first-order valence-corrected chi connectivity index (χ1v) is 8.51. The summed E-state index contributed by atoms with van der Waals surface area (Å²) in [5, 5.41) is 0. The van der Waals surface area contributed by atoms with E-state index in [9.17, 15) is 4.79 Å². The molecule has 2 saturated heterocycles. The molecule has 0 radical (unpaired) electrons. The lowest BCUT2D eigenvalue weighted by Crippen LogP contribution is -2.46. The molecule has 1 amide bonds. The van der Waals surface area contributed by atoms with Crippen molar-refractivity contribution in [2.75, 3.05) is 32.7 Å². The molecule has 3 aliphatic rings. The van der Waals surface area contributed by atoms with Gasteiger partial charge in [0.05, 0.1) is 5.92 Å². The van der Waals surface area contributed by atoms with Crippen molar-refractivity contribution < 1.29 is 4.79 Å². The van der Waals surface area contributed by atoms with E-state index in [0.29, 0.717) is 5.91 Å². The minimum Gasteiger partial charge on any atom is -0.342 e. The number of hydrogen-bond acceptors (Lipinski definition) is 3. The molecule has 3 fully saturated rings. The first-order valence-electron chi connectivity index (χ1n) is 8.51. The normalized spacial score (nSPS) is 33.0. The summed E-state index contributed by atoms with van der Waals surface area (Å²) in [5.74, 6) is 1.26. The molecule has 20 heavy (non-hydrogen) atoms. The number of likely N-dealkylation sites (tertiary alicyclic amines) is 2. The molecule has 4 heteroatoms. The number of carbonyl (C=O) groups excluding carboxylic acids is 1. The van der Waals surface area contributed by atoms with Gasteiger partial charge in [-0.1, -0.05) is 6.42 Å². The lowest BCUT2D eigenvalue weighted by Gasteiger charge is -2.35. The van der Waals surface area contributed by atoms with E-state index >= 15 is 0 Å². The maximum Gasteiger partial charge on any atom is 0.227 e. The van der Waals surface area contributed by atoms with Gasteiger partial charge in [-0.25, -0.2) is 0 Å². The van der Waals surface area contributed by atoms with E-state index < -0.39 is 0 Å². The van der Waals surface area contributed by atoms with E-state index in [1.165, 1.54) is 45.3 Å². The third kappa shape index (κ3) is 3.17. The van der Waals surface area contributed by atoms with Crippen molar-refractivity contribution in [1.29, 1.82) is 0 Å². The van der Waals surface area contributed by atoms with Crippen molar-refractivity contribution in [2.24, 2.45) is 17.6 Å². The zero-order valence-corrected chi connectivity index (χ0v) is 12.6. The van der Waals surface area contributed by atoms with E-state index in [-0.39, 0.29) is 12.0 Å². The lowest BCUT2D eigenvalue weighted by atomic mass is 9.94. The highest BCUT2D eigenvalue weighted by molar-refractivity contribution is 5.80. The Bertz CT molecular complexity index is 333. The first kappa shape index (κ1) is 14.3. The zero-order chi connectivity index (χ0) is 13.9. The Morgan fingerprint density at radius 2 is 1.65 bits per heavy atom. The summed E-state index contributed by atoms with van der Waals surface area (Å²) in [5.41, 5.74) is 6.07. The topological polar surface area (TPSA) is 49.6 Å². The number of carbonyl (C=O) groups is 1. The molecule has 3 rings (SSSR count). The van der Waals surface area contributed by atoms with Crippen LogP contribution in [0.2, 0.25) is 0 Å². The van der Waals surface area contributed by atoms with E-state index in [0.717, 1.165) is 38.3 Å². The van der Waals surface area contributed by atoms with E-state index in [1.807, 2.05) is 0 Å². The van der Waals surface area contributed by atoms with E-state index in [2.05, 4.69) is 9.80 Å². The molecule has 1 saturated carbocycles. The average Bonchev–Trinajstić information content (AvgIpc) is 3.10. The number of hydrogen-bond donors (Lipinski definition) is 1. The van der Waals surface area contributed by atoms with Crippen molar-refractivity contribution in [3.05, 3.63) is 0 Å². The van der Waals surface area contributed by atoms with Crippen LogP contribution in [0, 0.1) is 11.8 Å². The zero-order valence-electron chi connectivity index (χ0n) is 12.6. The summed E-state index contributed by atoms with van der Waals surface area (Å²) in [6.07, 6.45) is 8.28. The monoisotopic (exact) mass is 279 g/mol. The molecule has 2 atom stereocenters. The molecule has 2 N–H and O–H groups in total. The summed E-state index contributed by atoms with van der Waals surface area (Å²) >= 11 is 0. The second kappa shape index (κ2) is 6.44. The van der Waals surface area contributed by atoms with Gasteiger partial charge in [-0.3, -0.25) is 4.79 Å². The highest BCUT2D eigenvalue weighted by atomic mass is 16.2. The molecule has 2 unspecified atom stereocenters. The fourth-order valence-electron chi connectivity index (χ4n) is 4.20. The van der Waals surface area contributed by atoms with Gasteiger partial charge in [0.1, 0.15) is 0 Å². The Morgan fingerprint density at radius 3 is 2.25 bits per heavy atom. The average molecular weight is 279 g/mol. The Hall–Kier alpha value is -0.610. The van der Waals surface area contributed by atoms with Gasteiger partial charge in [-0.15, -0.1) is 0 Å². The van der Waals surface area contributed by atoms with Gasteiger partial charge in [0.25, 0.3) is 0 Å². The molecule has 0 aromatic heterocycles. The first-order chi connectivity index (χ1) is 9.74. The molecule has 4 nitrogen and oxygen atoms in total. The number of amides is 1. The largest absolute Gasteiger partial charge is 0.342 e. The summed E-state index contributed by atoms with van der Waals surface area (Å²) in [6, 6.07) is 0.116. The molecule has 0 spiro atoms. The van der Waals surface area contributed by atoms with Gasteiger partial charge in [-0.2, -0.15) is 0 Å². The maximum atomic E-state index is 12.5. The van der Waals surface area contributed by atoms with Gasteiger partial charge in [0, 0.05) is 25.7 Å². The van der Waals surface area contributed by atoms with Crippen molar-refractivity contribution in [1.82, 2.24) is 9.80 Å². The van der Waals surface area contributed by atoms with Crippen molar-refractivity contribution >= 4 is 5.91 Å². The summed E-state index contributed by atoms with van der Waals surface area (Å²) in [6.45, 7) is 5.75. The highest BCUT2D eigenvalue weighted by Gasteiger charge is 2.34. The SMILES string of the molecule is NC1CCCC1C(=O)N1CCC(CN2CCCC2)CC1. The molecular formula is C16H29N3O. The standard InChI is InChI=1S/C16H29N3O/c17-15-5-3-4-14(15)16(20)19-10-6-13(7-11-19)12-18-8-1-2-9-18/h13-15H,1-12,17H2. The lowest BCUT2D eigenvalue weighted by molar-refractivity contribution is -0.137. The second-order valence-electron chi connectivity index (χ2n) is 6.98. The van der Waals surface area contributed by atoms with E-state index in [1.54, 1.807) is 0 Å². The molecule has 0 aromatic rings. The fraction of sp³-hybridized carbons (Fsp3) is 0.938. The van der Waals surface area contributed by atoms with Crippen LogP contribution in [0.5, 0.6) is 0 Å². The van der Waals surface area contributed by atoms with Crippen molar-refractivity contribution in [3.63, 3.8) is 0 Å². The van der Waals surface area contributed by atoms with Crippen LogP contribution in [-0.2, 0) is 4.79 Å². The number of nitrogens with two attached hydrogens (primary N) is 1. The molecular weight excluding hydrogens is 250 g/mol. The Balaban J connectivity index is 1.44. The van der Waals surface area contributed by atoms with Gasteiger partial charge < -0.3 is 15.5 Å². The van der Waals surface area contributed by atoms with E-state index in [4.69, 9.17) is 5.73 Å². The number of nitrogens with zero attached hydrogens (tertiary/aromatic N) is 2. The second-order valence-corrected chi connectivity index (χ2v) is 6.98. The van der Waals surface area contributed by atoms with Crippen molar-refractivity contribution in [2.45, 2.75) is 51.0 Å². The maximum absolute atomic E-state index is 12.5. The predicted octanol–water partition coefficient (Wildman–Crippen LogP) is 1.45. The minimum atomic E-state index is 0.116. The van der Waals surface area contributed by atoms with Gasteiger partial charge in [-0.05, 0) is 57.5 Å². The quantitative estimate of drug-likeness (QED) is 0.850. The van der Waals surface area contributed by atoms with Crippen LogP contribution in [0.4, 0.5) is 0 Å². The molecule has 0 aromatic carbocycles. The number of rotatable bonds is 3. The number of piperidine rings is 1. The molecule has 1 aliphatic carbocycles. The van der Waals surface area contributed by atoms with Crippen LogP contribution in [0.25, 0.3) is 0 Å². The summed E-state index contributed by atoms with van der Waals surface area (Å²) < 4.78 is 0. The molecule has 0 bridgehead atoms. The Morgan fingerprint density at radius 1 is 0.950 bits per heavy atom. The summed E-state index contributed by atoms with van der Waals surface area (Å²) in [4.78, 5) is 17.2. The van der Waals surface area contributed by atoms with Crippen LogP contribution in [0.1, 0.15) is 44.9 Å². The molecule has 2 aliphatic heterocycles. The van der Waals surface area contributed by atoms with Crippen LogP contribution in [0.15, 0.2) is 0 Å². The van der Waals surface area contributed by atoms with Crippen LogP contribution in [0.3, 0.4) is 0 Å². The molecule has 2 heterocycles. The fourth-order valence-corrected chi connectivity index (χ4v) is 4.20. The Kier molecular flexibility index (Phi) is 4.61. The predicted molar refractivity (Wildman–Crippen MR) is 80.3 cm³/mol. The summed E-state index contributed by atoms with van der Waals surface area (Å²) in [7, 11) is 0. The third-order valence-electron chi connectivity index (χ3n) is 5.53. The van der Waals surface area contributed by atoms with Gasteiger partial charge in [0.2, 0.25) is 5.91 Å².